The summed E-state index contributed by atoms with van der Waals surface area (Å²) in [5.74, 6) is 0.0542. The second-order valence-electron chi connectivity index (χ2n) is 6.70. The molecule has 0 spiro atoms. The van der Waals surface area contributed by atoms with Crippen LogP contribution < -0.4 is 15.4 Å². The highest BCUT2D eigenvalue weighted by molar-refractivity contribution is 6.38. The number of halogens is 2. The van der Waals surface area contributed by atoms with Gasteiger partial charge in [-0.2, -0.15) is 0 Å². The Morgan fingerprint density at radius 3 is 2.60 bits per heavy atom. The van der Waals surface area contributed by atoms with Crippen LogP contribution in [0.3, 0.4) is 0 Å². The minimum Gasteiger partial charge on any atom is -0.480 e. The van der Waals surface area contributed by atoms with Gasteiger partial charge in [-0.1, -0.05) is 23.2 Å². The Balaban J connectivity index is 1.74. The summed E-state index contributed by atoms with van der Waals surface area (Å²) in [5.41, 5.74) is 3.88. The lowest BCUT2D eigenvalue weighted by Gasteiger charge is -2.38. The molecule has 160 valence electrons. The summed E-state index contributed by atoms with van der Waals surface area (Å²) in [6.45, 7) is 0.667. The zero-order chi connectivity index (χ0) is 21.9. The summed E-state index contributed by atoms with van der Waals surface area (Å²) in [4.78, 5) is 37.8. The Kier molecular flexibility index (Phi) is 6.59. The molecule has 0 atom stereocenters. The van der Waals surface area contributed by atoms with E-state index in [1.54, 1.807) is 0 Å². The number of nitrogens with zero attached hydrogens (tertiary/aromatic N) is 4. The average Bonchev–Trinajstić information content (AvgIpc) is 2.72. The van der Waals surface area contributed by atoms with Gasteiger partial charge in [0.05, 0.1) is 13.3 Å². The normalized spacial score (nSPS) is 15.5. The van der Waals surface area contributed by atoms with Gasteiger partial charge in [-0.05, 0) is 18.9 Å². The fourth-order valence-corrected chi connectivity index (χ4v) is 3.53. The van der Waals surface area contributed by atoms with Gasteiger partial charge in [-0.25, -0.2) is 19.7 Å². The van der Waals surface area contributed by atoms with Crippen LogP contribution in [0.25, 0.3) is 0 Å². The van der Waals surface area contributed by atoms with E-state index in [-0.39, 0.29) is 33.9 Å². The maximum absolute atomic E-state index is 12.8. The molecule has 10 nitrogen and oxygen atoms in total. The number of methoxy groups -OCH3 is 1. The van der Waals surface area contributed by atoms with Gasteiger partial charge in [0, 0.05) is 24.8 Å². The van der Waals surface area contributed by atoms with Crippen molar-refractivity contribution in [1.29, 1.82) is 0 Å². The number of primary amides is 1. The molecular weight excluding hydrogens is 437 g/mol. The number of carbonyl (C=O) groups is 2. The largest absolute Gasteiger partial charge is 0.480 e. The zero-order valence-corrected chi connectivity index (χ0v) is 17.5. The molecule has 2 aromatic heterocycles. The number of piperidine rings is 1. The standard InChI is InChI=1S/C18H19Cl2N5O5/c1-29-16-12(19)10(2-5-22-16)14(26)13-15(20)24-11(8-23-13)25-6-3-18(28,4-7-25)9-30-17(21)27/h2,5,8,28H,3-4,6-7,9H2,1H3,(H2,21,27). The highest BCUT2D eigenvalue weighted by Gasteiger charge is 2.34. The van der Waals surface area contributed by atoms with Gasteiger partial charge in [-0.15, -0.1) is 0 Å². The minimum absolute atomic E-state index is 0.0560. The summed E-state index contributed by atoms with van der Waals surface area (Å²) in [6.07, 6.45) is 2.54. The fourth-order valence-electron chi connectivity index (χ4n) is 3.03. The van der Waals surface area contributed by atoms with E-state index < -0.39 is 17.5 Å². The summed E-state index contributed by atoms with van der Waals surface area (Å²) in [7, 11) is 1.39. The van der Waals surface area contributed by atoms with Crippen molar-refractivity contribution >= 4 is 40.9 Å². The number of carbonyl (C=O) groups excluding carboxylic acids is 2. The van der Waals surface area contributed by atoms with Crippen LogP contribution >= 0.6 is 23.2 Å². The van der Waals surface area contributed by atoms with Crippen LogP contribution in [0.4, 0.5) is 10.6 Å². The van der Waals surface area contributed by atoms with E-state index in [1.165, 1.54) is 25.6 Å². The molecule has 3 N–H and O–H groups in total. The Morgan fingerprint density at radius 2 is 2.00 bits per heavy atom. The first-order valence-electron chi connectivity index (χ1n) is 8.89. The monoisotopic (exact) mass is 455 g/mol. The smallest absolute Gasteiger partial charge is 0.404 e. The second kappa shape index (κ2) is 8.99. The molecule has 1 aliphatic heterocycles. The van der Waals surface area contributed by atoms with E-state index in [1.807, 2.05) is 4.90 Å². The Hall–Kier alpha value is -2.69. The molecule has 3 rings (SSSR count). The molecular formula is C18H19Cl2N5O5. The predicted octanol–water partition coefficient (Wildman–Crippen LogP) is 1.84. The van der Waals surface area contributed by atoms with Crippen molar-refractivity contribution in [3.8, 4) is 5.88 Å². The number of anilines is 1. The maximum atomic E-state index is 12.8. The van der Waals surface area contributed by atoms with E-state index in [4.69, 9.17) is 38.4 Å². The van der Waals surface area contributed by atoms with Crippen molar-refractivity contribution in [1.82, 2.24) is 15.0 Å². The summed E-state index contributed by atoms with van der Waals surface area (Å²) in [6, 6.07) is 1.44. The van der Waals surface area contributed by atoms with Gasteiger partial charge in [0.1, 0.15) is 28.7 Å². The first kappa shape index (κ1) is 22.0. The first-order chi connectivity index (χ1) is 14.2. The average molecular weight is 456 g/mol. The van der Waals surface area contributed by atoms with E-state index in [9.17, 15) is 14.7 Å². The van der Waals surface area contributed by atoms with Crippen LogP contribution in [0.15, 0.2) is 18.5 Å². The third-order valence-corrected chi connectivity index (χ3v) is 5.36. The highest BCUT2D eigenvalue weighted by Crippen LogP contribution is 2.30. The van der Waals surface area contributed by atoms with E-state index in [2.05, 4.69) is 15.0 Å². The molecule has 1 amide bonds. The molecule has 1 aliphatic rings. The lowest BCUT2D eigenvalue weighted by Crippen LogP contribution is -2.48. The summed E-state index contributed by atoms with van der Waals surface area (Å²) in [5, 5.41) is 10.4. The molecule has 12 heteroatoms. The number of hydrogen-bond acceptors (Lipinski definition) is 9. The SMILES string of the molecule is COc1nccc(C(=O)c2ncc(N3CCC(O)(COC(N)=O)CC3)nc2Cl)c1Cl. The van der Waals surface area contributed by atoms with Gasteiger partial charge >= 0.3 is 6.09 Å². The molecule has 1 fully saturated rings. The highest BCUT2D eigenvalue weighted by atomic mass is 35.5. The van der Waals surface area contributed by atoms with E-state index in [0.29, 0.717) is 31.7 Å². The van der Waals surface area contributed by atoms with Gasteiger partial charge < -0.3 is 25.2 Å². The number of ether oxygens (including phenoxy) is 2. The summed E-state index contributed by atoms with van der Waals surface area (Å²) >= 11 is 12.4. The fraction of sp³-hybridized carbons (Fsp3) is 0.389. The second-order valence-corrected chi connectivity index (χ2v) is 7.43. The van der Waals surface area contributed by atoms with Crippen LogP contribution in [0.5, 0.6) is 5.88 Å². The van der Waals surface area contributed by atoms with Crippen molar-refractivity contribution in [2.45, 2.75) is 18.4 Å². The number of amides is 1. The van der Waals surface area contributed by atoms with Gasteiger partial charge in [-0.3, -0.25) is 4.79 Å². The molecule has 0 saturated carbocycles. The molecule has 2 aromatic rings. The van der Waals surface area contributed by atoms with Crippen LogP contribution in [-0.4, -0.2) is 64.3 Å². The van der Waals surface area contributed by atoms with Gasteiger partial charge in [0.2, 0.25) is 11.7 Å². The minimum atomic E-state index is -1.16. The van der Waals surface area contributed by atoms with E-state index >= 15 is 0 Å². The number of rotatable bonds is 6. The van der Waals surface area contributed by atoms with Crippen LogP contribution in [-0.2, 0) is 4.74 Å². The van der Waals surface area contributed by atoms with Gasteiger partial charge in [0.25, 0.3) is 0 Å². The predicted molar refractivity (Wildman–Crippen MR) is 108 cm³/mol. The third-order valence-electron chi connectivity index (χ3n) is 4.73. The Morgan fingerprint density at radius 1 is 1.30 bits per heavy atom. The first-order valence-corrected chi connectivity index (χ1v) is 9.65. The number of pyridine rings is 1. The molecule has 0 bridgehead atoms. The number of ketones is 1. The van der Waals surface area contributed by atoms with Gasteiger partial charge in [0.15, 0.2) is 5.15 Å². The molecule has 1 saturated heterocycles. The van der Waals surface area contributed by atoms with Crippen molar-refractivity contribution in [3.63, 3.8) is 0 Å². The zero-order valence-electron chi connectivity index (χ0n) is 16.0. The van der Waals surface area contributed by atoms with Crippen LogP contribution in [0.2, 0.25) is 10.2 Å². The number of nitrogens with two attached hydrogens (primary N) is 1. The molecule has 30 heavy (non-hydrogen) atoms. The lowest BCUT2D eigenvalue weighted by atomic mass is 9.92. The molecule has 3 heterocycles. The molecule has 0 aliphatic carbocycles. The van der Waals surface area contributed by atoms with Crippen LogP contribution in [0.1, 0.15) is 28.9 Å². The molecule has 0 unspecified atom stereocenters. The van der Waals surface area contributed by atoms with Crippen molar-refractivity contribution < 1.29 is 24.2 Å². The number of aromatic nitrogens is 3. The third kappa shape index (κ3) is 4.72. The number of aliphatic hydroxyl groups is 1. The molecule has 0 radical (unpaired) electrons. The topological polar surface area (TPSA) is 141 Å². The van der Waals surface area contributed by atoms with Crippen LogP contribution in [0, 0.1) is 0 Å². The molecule has 0 aromatic carbocycles. The lowest BCUT2D eigenvalue weighted by molar-refractivity contribution is -0.0368. The Labute approximate surface area is 181 Å². The quantitative estimate of drug-likeness (QED) is 0.623. The van der Waals surface area contributed by atoms with Crippen molar-refractivity contribution in [2.75, 3.05) is 31.7 Å². The maximum Gasteiger partial charge on any atom is 0.404 e. The number of hydrogen-bond donors (Lipinski definition) is 2. The summed E-state index contributed by atoms with van der Waals surface area (Å²) < 4.78 is 9.74. The van der Waals surface area contributed by atoms with Crippen molar-refractivity contribution in [2.24, 2.45) is 5.73 Å². The van der Waals surface area contributed by atoms with E-state index in [0.717, 1.165) is 0 Å². The Bertz CT molecular complexity index is 966. The van der Waals surface area contributed by atoms with Crippen molar-refractivity contribution in [3.05, 3.63) is 39.9 Å².